The van der Waals surface area contributed by atoms with E-state index in [0.717, 1.165) is 30.8 Å². The Kier molecular flexibility index (Phi) is 7.69. The SMILES string of the molecule is CC(=N)N1CCC(CNC(=O)C(c2ccccc2F)N(C(N)=O)c2ccc(Cl)cc2)CC1. The van der Waals surface area contributed by atoms with Gasteiger partial charge in [0.1, 0.15) is 11.9 Å². The number of urea groups is 1. The highest BCUT2D eigenvalue weighted by molar-refractivity contribution is 6.30. The average molecular weight is 460 g/mol. The highest BCUT2D eigenvalue weighted by Crippen LogP contribution is 2.30. The zero-order chi connectivity index (χ0) is 23.3. The van der Waals surface area contributed by atoms with Crippen LogP contribution in [0.5, 0.6) is 0 Å². The molecule has 9 heteroatoms. The van der Waals surface area contributed by atoms with Gasteiger partial charge in [-0.15, -0.1) is 0 Å². The maximum absolute atomic E-state index is 14.7. The fourth-order valence-corrected chi connectivity index (χ4v) is 4.04. The van der Waals surface area contributed by atoms with Crippen molar-refractivity contribution in [3.05, 3.63) is 64.9 Å². The van der Waals surface area contributed by atoms with Crippen molar-refractivity contribution in [2.75, 3.05) is 24.5 Å². The summed E-state index contributed by atoms with van der Waals surface area (Å²) in [6.45, 7) is 3.66. The highest BCUT2D eigenvalue weighted by Gasteiger charge is 2.34. The Labute approximate surface area is 191 Å². The molecular formula is C23H27ClFN5O2. The van der Waals surface area contributed by atoms with Crippen LogP contribution in [-0.4, -0.2) is 42.3 Å². The lowest BCUT2D eigenvalue weighted by Crippen LogP contribution is -2.48. The lowest BCUT2D eigenvalue weighted by atomic mass is 9.96. The van der Waals surface area contributed by atoms with Gasteiger partial charge in [-0.3, -0.25) is 15.1 Å². The Balaban J connectivity index is 1.83. The fourth-order valence-electron chi connectivity index (χ4n) is 3.91. The first-order chi connectivity index (χ1) is 15.3. The summed E-state index contributed by atoms with van der Waals surface area (Å²) < 4.78 is 14.7. The second-order valence-corrected chi connectivity index (χ2v) is 8.31. The molecule has 1 heterocycles. The van der Waals surface area contributed by atoms with Gasteiger partial charge in [-0.2, -0.15) is 0 Å². The number of anilines is 1. The zero-order valence-corrected chi connectivity index (χ0v) is 18.6. The second-order valence-electron chi connectivity index (χ2n) is 7.87. The number of hydrogen-bond donors (Lipinski definition) is 3. The molecule has 0 aliphatic carbocycles. The molecule has 1 unspecified atom stereocenters. The van der Waals surface area contributed by atoms with Gasteiger partial charge in [-0.05, 0) is 56.0 Å². The third-order valence-electron chi connectivity index (χ3n) is 5.70. The molecule has 0 bridgehead atoms. The number of amidine groups is 1. The molecule has 0 aromatic heterocycles. The van der Waals surface area contributed by atoms with E-state index in [1.807, 2.05) is 4.90 Å². The van der Waals surface area contributed by atoms with Gasteiger partial charge in [0, 0.05) is 35.9 Å². The number of nitrogens with zero attached hydrogens (tertiary/aromatic N) is 2. The van der Waals surface area contributed by atoms with E-state index in [1.54, 1.807) is 37.3 Å². The van der Waals surface area contributed by atoms with Gasteiger partial charge in [-0.25, -0.2) is 9.18 Å². The molecule has 2 aromatic rings. The molecule has 3 amide bonds. The lowest BCUT2D eigenvalue weighted by Gasteiger charge is -2.34. The summed E-state index contributed by atoms with van der Waals surface area (Å²) in [5, 5.41) is 11.1. The summed E-state index contributed by atoms with van der Waals surface area (Å²) in [7, 11) is 0. The number of hydrogen-bond acceptors (Lipinski definition) is 3. The van der Waals surface area contributed by atoms with E-state index in [2.05, 4.69) is 5.32 Å². The topological polar surface area (TPSA) is 103 Å². The first-order valence-corrected chi connectivity index (χ1v) is 10.8. The van der Waals surface area contributed by atoms with Crippen molar-refractivity contribution >= 4 is 35.1 Å². The van der Waals surface area contributed by atoms with Crippen molar-refractivity contribution in [1.29, 1.82) is 5.41 Å². The summed E-state index contributed by atoms with van der Waals surface area (Å²) in [5.41, 5.74) is 6.02. The minimum atomic E-state index is -1.28. The van der Waals surface area contributed by atoms with Crippen LogP contribution >= 0.6 is 11.6 Å². The maximum atomic E-state index is 14.7. The summed E-state index contributed by atoms with van der Waals surface area (Å²) >= 11 is 5.96. The van der Waals surface area contributed by atoms with Crippen molar-refractivity contribution in [3.8, 4) is 0 Å². The number of benzene rings is 2. The molecule has 1 saturated heterocycles. The van der Waals surface area contributed by atoms with Gasteiger partial charge in [0.2, 0.25) is 5.91 Å². The van der Waals surface area contributed by atoms with E-state index in [0.29, 0.717) is 23.1 Å². The van der Waals surface area contributed by atoms with Crippen LogP contribution in [0.3, 0.4) is 0 Å². The number of nitrogens with one attached hydrogen (secondary N) is 2. The molecular weight excluding hydrogens is 433 g/mol. The fraction of sp³-hybridized carbons (Fsp3) is 0.348. The Morgan fingerprint density at radius 3 is 2.41 bits per heavy atom. The minimum Gasteiger partial charge on any atom is -0.361 e. The second kappa shape index (κ2) is 10.5. The number of rotatable bonds is 6. The van der Waals surface area contributed by atoms with Gasteiger partial charge in [-0.1, -0.05) is 29.8 Å². The number of primary amides is 1. The van der Waals surface area contributed by atoms with Gasteiger partial charge in [0.05, 0.1) is 5.84 Å². The first kappa shape index (κ1) is 23.5. The monoisotopic (exact) mass is 459 g/mol. The maximum Gasteiger partial charge on any atom is 0.320 e. The molecule has 3 rings (SSSR count). The van der Waals surface area contributed by atoms with E-state index in [-0.39, 0.29) is 11.5 Å². The van der Waals surface area contributed by atoms with Crippen LogP contribution in [0, 0.1) is 17.1 Å². The number of amides is 3. The number of likely N-dealkylation sites (tertiary alicyclic amines) is 1. The van der Waals surface area contributed by atoms with Crippen molar-refractivity contribution in [2.24, 2.45) is 11.7 Å². The molecule has 2 aromatic carbocycles. The number of nitrogens with two attached hydrogens (primary N) is 1. The molecule has 170 valence electrons. The Morgan fingerprint density at radius 1 is 1.22 bits per heavy atom. The van der Waals surface area contributed by atoms with E-state index < -0.39 is 23.8 Å². The Morgan fingerprint density at radius 2 is 1.84 bits per heavy atom. The number of piperidine rings is 1. The molecule has 7 nitrogen and oxygen atoms in total. The van der Waals surface area contributed by atoms with Gasteiger partial charge >= 0.3 is 6.03 Å². The molecule has 0 radical (unpaired) electrons. The van der Waals surface area contributed by atoms with E-state index in [9.17, 15) is 14.0 Å². The quantitative estimate of drug-likeness (QED) is 0.450. The Hall–Kier alpha value is -3.13. The van der Waals surface area contributed by atoms with Crippen LogP contribution < -0.4 is 16.0 Å². The normalized spacial score (nSPS) is 15.2. The summed E-state index contributed by atoms with van der Waals surface area (Å²) in [6.07, 6.45) is 1.66. The van der Waals surface area contributed by atoms with Crippen LogP contribution in [0.2, 0.25) is 5.02 Å². The predicted octanol–water partition coefficient (Wildman–Crippen LogP) is 3.93. The third kappa shape index (κ3) is 5.56. The standard InChI is InChI=1S/C23H27ClFN5O2/c1-15(26)29-12-10-16(11-13-29)14-28-22(31)21(19-4-2-3-5-20(19)25)30(23(27)32)18-8-6-17(24)7-9-18/h2-9,16,21,26H,10-14H2,1H3,(H2,27,32)(H,28,31). The van der Waals surface area contributed by atoms with Gasteiger partial charge < -0.3 is 16.0 Å². The number of carbonyl (C=O) groups excluding carboxylic acids is 2. The minimum absolute atomic E-state index is 0.0491. The Bertz CT molecular complexity index is 977. The molecule has 1 fully saturated rings. The van der Waals surface area contributed by atoms with Crippen LogP contribution in [0.1, 0.15) is 31.4 Å². The molecule has 0 spiro atoms. The smallest absolute Gasteiger partial charge is 0.320 e. The third-order valence-corrected chi connectivity index (χ3v) is 5.95. The largest absolute Gasteiger partial charge is 0.361 e. The zero-order valence-electron chi connectivity index (χ0n) is 17.9. The van der Waals surface area contributed by atoms with Crippen LogP contribution in [0.4, 0.5) is 14.9 Å². The molecule has 1 aliphatic heterocycles. The summed E-state index contributed by atoms with van der Waals surface area (Å²) in [4.78, 5) is 28.8. The van der Waals surface area contributed by atoms with Crippen LogP contribution in [-0.2, 0) is 4.79 Å². The summed E-state index contributed by atoms with van der Waals surface area (Å²) in [5.74, 6) is -0.363. The predicted molar refractivity (Wildman–Crippen MR) is 123 cm³/mol. The van der Waals surface area contributed by atoms with Gasteiger partial charge in [0.15, 0.2) is 0 Å². The van der Waals surface area contributed by atoms with Gasteiger partial charge in [0.25, 0.3) is 0 Å². The van der Waals surface area contributed by atoms with E-state index >= 15 is 0 Å². The van der Waals surface area contributed by atoms with Crippen molar-refractivity contribution in [1.82, 2.24) is 10.2 Å². The van der Waals surface area contributed by atoms with Crippen molar-refractivity contribution < 1.29 is 14.0 Å². The van der Waals surface area contributed by atoms with E-state index in [4.69, 9.17) is 22.7 Å². The van der Waals surface area contributed by atoms with Crippen LogP contribution in [0.15, 0.2) is 48.5 Å². The van der Waals surface area contributed by atoms with Crippen molar-refractivity contribution in [2.45, 2.75) is 25.8 Å². The molecule has 1 atom stereocenters. The average Bonchev–Trinajstić information content (AvgIpc) is 2.77. The lowest BCUT2D eigenvalue weighted by molar-refractivity contribution is -0.122. The van der Waals surface area contributed by atoms with E-state index in [1.165, 1.54) is 18.2 Å². The number of carbonyl (C=O) groups is 2. The highest BCUT2D eigenvalue weighted by atomic mass is 35.5. The molecule has 1 aliphatic rings. The van der Waals surface area contributed by atoms with Crippen molar-refractivity contribution in [3.63, 3.8) is 0 Å². The molecule has 32 heavy (non-hydrogen) atoms. The first-order valence-electron chi connectivity index (χ1n) is 10.4. The number of halogens is 2. The molecule has 4 N–H and O–H groups in total. The molecule has 0 saturated carbocycles. The summed E-state index contributed by atoms with van der Waals surface area (Å²) in [6, 6.07) is 9.93. The van der Waals surface area contributed by atoms with Crippen LogP contribution in [0.25, 0.3) is 0 Å².